The van der Waals surface area contributed by atoms with Crippen LogP contribution in [0.5, 0.6) is 0 Å². The van der Waals surface area contributed by atoms with Crippen LogP contribution in [0.25, 0.3) is 0 Å². The highest BCUT2D eigenvalue weighted by atomic mass is 19.1. The predicted molar refractivity (Wildman–Crippen MR) is 57.1 cm³/mol. The fraction of sp³-hybridized carbons (Fsp3) is 0.583. The summed E-state index contributed by atoms with van der Waals surface area (Å²) >= 11 is 0. The van der Waals surface area contributed by atoms with Gasteiger partial charge in [0.2, 0.25) is 0 Å². The van der Waals surface area contributed by atoms with Gasteiger partial charge in [0, 0.05) is 6.20 Å². The van der Waals surface area contributed by atoms with Crippen LogP contribution < -0.4 is 0 Å². The maximum absolute atomic E-state index is 14.0. The minimum absolute atomic E-state index is 0.116. The Kier molecular flexibility index (Phi) is 3.25. The number of rotatable bonds is 2. The number of halogens is 1. The van der Waals surface area contributed by atoms with Gasteiger partial charge in [-0.15, -0.1) is 0 Å². The summed E-state index contributed by atoms with van der Waals surface area (Å²) in [5.41, 5.74) is 2.34. The van der Waals surface area contributed by atoms with E-state index in [1.165, 1.54) is 0 Å². The van der Waals surface area contributed by atoms with Crippen LogP contribution in [0.3, 0.4) is 0 Å². The standard InChI is InChI=1S/C12H18FN/c1-7(2)10-9(5)6-14-12(8(3)4)11(10)13/h6-8H,1-5H3. The van der Waals surface area contributed by atoms with Crippen molar-refractivity contribution in [3.63, 3.8) is 0 Å². The molecule has 2 heteroatoms. The van der Waals surface area contributed by atoms with Crippen LogP contribution in [0.4, 0.5) is 4.39 Å². The Morgan fingerprint density at radius 1 is 1.14 bits per heavy atom. The summed E-state index contributed by atoms with van der Waals surface area (Å²) in [7, 11) is 0. The van der Waals surface area contributed by atoms with Crippen molar-refractivity contribution in [3.8, 4) is 0 Å². The second-order valence-corrected chi connectivity index (χ2v) is 4.36. The van der Waals surface area contributed by atoms with Gasteiger partial charge in [-0.2, -0.15) is 0 Å². The van der Waals surface area contributed by atoms with Crippen LogP contribution in [0.15, 0.2) is 6.20 Å². The Balaban J connectivity index is 3.34. The number of aromatic nitrogens is 1. The quantitative estimate of drug-likeness (QED) is 0.700. The zero-order valence-corrected chi connectivity index (χ0v) is 9.56. The molecule has 78 valence electrons. The maximum Gasteiger partial charge on any atom is 0.148 e. The van der Waals surface area contributed by atoms with Crippen molar-refractivity contribution < 1.29 is 4.39 Å². The van der Waals surface area contributed by atoms with Crippen molar-refractivity contribution in [1.82, 2.24) is 4.98 Å². The fourth-order valence-corrected chi connectivity index (χ4v) is 1.71. The van der Waals surface area contributed by atoms with E-state index in [4.69, 9.17) is 0 Å². The number of nitrogens with zero attached hydrogens (tertiary/aromatic N) is 1. The van der Waals surface area contributed by atoms with Crippen LogP contribution in [0.1, 0.15) is 56.4 Å². The summed E-state index contributed by atoms with van der Waals surface area (Å²) in [4.78, 5) is 4.15. The lowest BCUT2D eigenvalue weighted by Crippen LogP contribution is -2.05. The van der Waals surface area contributed by atoms with E-state index >= 15 is 0 Å². The zero-order chi connectivity index (χ0) is 10.9. The third-order valence-electron chi connectivity index (χ3n) is 2.41. The third kappa shape index (κ3) is 1.94. The van der Waals surface area contributed by atoms with E-state index in [0.29, 0.717) is 5.69 Å². The first-order chi connectivity index (χ1) is 6.45. The summed E-state index contributed by atoms with van der Waals surface area (Å²) in [6, 6.07) is 0. The molecule has 0 atom stereocenters. The highest BCUT2D eigenvalue weighted by Crippen LogP contribution is 2.26. The van der Waals surface area contributed by atoms with E-state index in [2.05, 4.69) is 4.98 Å². The molecule has 1 rings (SSSR count). The Morgan fingerprint density at radius 2 is 1.71 bits per heavy atom. The van der Waals surface area contributed by atoms with E-state index in [0.717, 1.165) is 11.1 Å². The third-order valence-corrected chi connectivity index (χ3v) is 2.41. The molecule has 14 heavy (non-hydrogen) atoms. The lowest BCUT2D eigenvalue weighted by atomic mass is 9.95. The molecule has 0 bridgehead atoms. The van der Waals surface area contributed by atoms with Gasteiger partial charge in [0.1, 0.15) is 5.82 Å². The van der Waals surface area contributed by atoms with E-state index in [9.17, 15) is 4.39 Å². The van der Waals surface area contributed by atoms with Crippen LogP contribution in [-0.2, 0) is 0 Å². The summed E-state index contributed by atoms with van der Waals surface area (Å²) in [6.45, 7) is 9.86. The highest BCUT2D eigenvalue weighted by molar-refractivity contribution is 5.31. The average Bonchev–Trinajstić information content (AvgIpc) is 2.02. The van der Waals surface area contributed by atoms with Crippen LogP contribution in [0, 0.1) is 12.7 Å². The topological polar surface area (TPSA) is 12.9 Å². The Bertz CT molecular complexity index is 329. The lowest BCUT2D eigenvalue weighted by molar-refractivity contribution is 0.557. The second kappa shape index (κ2) is 4.07. The molecule has 1 aromatic rings. The van der Waals surface area contributed by atoms with Crippen molar-refractivity contribution in [2.45, 2.75) is 46.5 Å². The summed E-state index contributed by atoms with van der Waals surface area (Å²) < 4.78 is 14.0. The van der Waals surface area contributed by atoms with Gasteiger partial charge in [0.15, 0.2) is 0 Å². The van der Waals surface area contributed by atoms with Gasteiger partial charge in [-0.05, 0) is 29.9 Å². The molecule has 0 saturated carbocycles. The first kappa shape index (κ1) is 11.2. The van der Waals surface area contributed by atoms with E-state index in [1.807, 2.05) is 34.6 Å². The molecule has 0 aromatic carbocycles. The minimum atomic E-state index is -0.116. The monoisotopic (exact) mass is 195 g/mol. The van der Waals surface area contributed by atoms with Gasteiger partial charge in [0.05, 0.1) is 5.69 Å². The van der Waals surface area contributed by atoms with Crippen LogP contribution in [0.2, 0.25) is 0 Å². The number of hydrogen-bond donors (Lipinski definition) is 0. The molecule has 0 spiro atoms. The predicted octanol–water partition coefficient (Wildman–Crippen LogP) is 3.78. The van der Waals surface area contributed by atoms with Gasteiger partial charge in [-0.25, -0.2) is 4.39 Å². The number of hydrogen-bond acceptors (Lipinski definition) is 1. The van der Waals surface area contributed by atoms with Crippen LogP contribution >= 0.6 is 0 Å². The van der Waals surface area contributed by atoms with Crippen LogP contribution in [-0.4, -0.2) is 4.98 Å². The first-order valence-corrected chi connectivity index (χ1v) is 5.10. The zero-order valence-electron chi connectivity index (χ0n) is 9.56. The summed E-state index contributed by atoms with van der Waals surface area (Å²) in [6.07, 6.45) is 1.77. The van der Waals surface area contributed by atoms with Gasteiger partial charge in [-0.3, -0.25) is 4.98 Å². The molecule has 0 fully saturated rings. The van der Waals surface area contributed by atoms with Gasteiger partial charge in [-0.1, -0.05) is 27.7 Å². The second-order valence-electron chi connectivity index (χ2n) is 4.36. The molecule has 0 unspecified atom stereocenters. The molecule has 0 aliphatic carbocycles. The molecule has 0 radical (unpaired) electrons. The Morgan fingerprint density at radius 3 is 2.14 bits per heavy atom. The summed E-state index contributed by atoms with van der Waals surface area (Å²) in [5.74, 6) is 0.249. The number of pyridine rings is 1. The highest BCUT2D eigenvalue weighted by Gasteiger charge is 2.16. The lowest BCUT2D eigenvalue weighted by Gasteiger charge is -2.15. The smallest absolute Gasteiger partial charge is 0.148 e. The molecule has 0 aliphatic heterocycles. The molecule has 0 saturated heterocycles. The van der Waals surface area contributed by atoms with Crippen molar-refractivity contribution in [3.05, 3.63) is 28.8 Å². The molecule has 1 nitrogen and oxygen atoms in total. The van der Waals surface area contributed by atoms with Crippen molar-refractivity contribution in [1.29, 1.82) is 0 Å². The van der Waals surface area contributed by atoms with Gasteiger partial charge < -0.3 is 0 Å². The van der Waals surface area contributed by atoms with Gasteiger partial charge >= 0.3 is 0 Å². The molecule has 0 aliphatic rings. The van der Waals surface area contributed by atoms with E-state index < -0.39 is 0 Å². The number of aryl methyl sites for hydroxylation is 1. The van der Waals surface area contributed by atoms with E-state index in [1.54, 1.807) is 6.20 Å². The summed E-state index contributed by atoms with van der Waals surface area (Å²) in [5, 5.41) is 0. The van der Waals surface area contributed by atoms with Gasteiger partial charge in [0.25, 0.3) is 0 Å². The molecular formula is C12H18FN. The molecule has 0 N–H and O–H groups in total. The normalized spacial score (nSPS) is 11.4. The van der Waals surface area contributed by atoms with Crippen molar-refractivity contribution in [2.75, 3.05) is 0 Å². The maximum atomic E-state index is 14.0. The van der Waals surface area contributed by atoms with Crippen molar-refractivity contribution in [2.24, 2.45) is 0 Å². The molecule has 0 amide bonds. The molecular weight excluding hydrogens is 177 g/mol. The molecule has 1 heterocycles. The molecule has 1 aromatic heterocycles. The average molecular weight is 195 g/mol. The Labute approximate surface area is 85.4 Å². The van der Waals surface area contributed by atoms with E-state index in [-0.39, 0.29) is 17.7 Å². The SMILES string of the molecule is Cc1cnc(C(C)C)c(F)c1C(C)C. The Hall–Kier alpha value is -0.920. The largest absolute Gasteiger partial charge is 0.258 e. The minimum Gasteiger partial charge on any atom is -0.258 e. The van der Waals surface area contributed by atoms with Crippen molar-refractivity contribution >= 4 is 0 Å². The first-order valence-electron chi connectivity index (χ1n) is 5.10. The fourth-order valence-electron chi connectivity index (χ4n) is 1.71.